The van der Waals surface area contributed by atoms with Crippen molar-refractivity contribution in [1.82, 2.24) is 0 Å². The fourth-order valence-electron chi connectivity index (χ4n) is 2.21. The van der Waals surface area contributed by atoms with Gasteiger partial charge in [0.15, 0.2) is 0 Å². The first kappa shape index (κ1) is 14.4. The van der Waals surface area contributed by atoms with Crippen molar-refractivity contribution in [3.8, 4) is 0 Å². The molecular formula is C14H17NO2S2. The zero-order valence-corrected chi connectivity index (χ0v) is 13.0. The molecule has 0 unspecified atom stereocenters. The summed E-state index contributed by atoms with van der Waals surface area (Å²) < 4.78 is 5.48. The zero-order valence-electron chi connectivity index (χ0n) is 11.4. The van der Waals surface area contributed by atoms with Crippen molar-refractivity contribution in [2.24, 2.45) is 4.99 Å². The lowest BCUT2D eigenvalue weighted by atomic mass is 9.95. The molecule has 0 atom stereocenters. The summed E-state index contributed by atoms with van der Waals surface area (Å²) in [4.78, 5) is 17.6. The summed E-state index contributed by atoms with van der Waals surface area (Å²) >= 11 is 6.21. The smallest absolute Gasteiger partial charge is 0.342 e. The van der Waals surface area contributed by atoms with Crippen LogP contribution in [0.2, 0.25) is 0 Å². The Labute approximate surface area is 122 Å². The highest BCUT2D eigenvalue weighted by atomic mass is 32.1. The van der Waals surface area contributed by atoms with Crippen LogP contribution >= 0.6 is 23.6 Å². The van der Waals surface area contributed by atoms with E-state index in [0.29, 0.717) is 10.6 Å². The second kappa shape index (κ2) is 5.53. The van der Waals surface area contributed by atoms with Gasteiger partial charge in [0.2, 0.25) is 0 Å². The number of rotatable bonds is 2. The molecule has 1 aromatic heterocycles. The maximum absolute atomic E-state index is 12.4. The van der Waals surface area contributed by atoms with E-state index in [1.165, 1.54) is 11.3 Å². The van der Waals surface area contributed by atoms with Crippen molar-refractivity contribution in [2.45, 2.75) is 52.1 Å². The Morgan fingerprint density at radius 3 is 2.68 bits per heavy atom. The number of hydrogen-bond donors (Lipinski definition) is 0. The van der Waals surface area contributed by atoms with Crippen LogP contribution in [0.5, 0.6) is 0 Å². The van der Waals surface area contributed by atoms with E-state index >= 15 is 0 Å². The summed E-state index contributed by atoms with van der Waals surface area (Å²) in [6, 6.07) is 0. The van der Waals surface area contributed by atoms with Crippen molar-refractivity contribution >= 4 is 39.7 Å². The summed E-state index contributed by atoms with van der Waals surface area (Å²) in [5, 5.41) is 3.01. The molecule has 1 aliphatic rings. The van der Waals surface area contributed by atoms with E-state index in [9.17, 15) is 4.79 Å². The molecule has 1 heterocycles. The van der Waals surface area contributed by atoms with Gasteiger partial charge in [0.1, 0.15) is 16.2 Å². The first-order valence-corrected chi connectivity index (χ1v) is 7.60. The molecule has 102 valence electrons. The maximum atomic E-state index is 12.4. The van der Waals surface area contributed by atoms with E-state index in [2.05, 4.69) is 22.4 Å². The molecule has 5 heteroatoms. The SMILES string of the molecule is CC(C)(C)OC(=O)c1c(N=C=S)sc2c1CCCC2. The molecule has 2 rings (SSSR count). The van der Waals surface area contributed by atoms with E-state index in [1.54, 1.807) is 11.3 Å². The van der Waals surface area contributed by atoms with Gasteiger partial charge in [0, 0.05) is 4.88 Å². The number of carbonyl (C=O) groups is 1. The number of ether oxygens (including phenoxy) is 1. The number of thiocarbonyl (C=S) groups is 1. The average molecular weight is 295 g/mol. The standard InChI is InChI=1S/C14H17NO2S2/c1-14(2,3)17-13(16)11-9-6-4-5-7-10(9)19-12(11)15-8-18/h4-7H2,1-3H3. The Hall–Kier alpha value is -1.03. The quantitative estimate of drug-likeness (QED) is 0.463. The van der Waals surface area contributed by atoms with Gasteiger partial charge in [0.25, 0.3) is 0 Å². The average Bonchev–Trinajstić information content (AvgIpc) is 2.65. The fourth-order valence-corrected chi connectivity index (χ4v) is 3.57. The third kappa shape index (κ3) is 3.30. The van der Waals surface area contributed by atoms with Gasteiger partial charge < -0.3 is 4.74 Å². The van der Waals surface area contributed by atoms with Gasteiger partial charge >= 0.3 is 5.97 Å². The summed E-state index contributed by atoms with van der Waals surface area (Å²) in [5.41, 5.74) is 1.21. The van der Waals surface area contributed by atoms with Crippen LogP contribution < -0.4 is 0 Å². The number of esters is 1. The van der Waals surface area contributed by atoms with Crippen molar-refractivity contribution < 1.29 is 9.53 Å². The number of aryl methyl sites for hydroxylation is 1. The Morgan fingerprint density at radius 1 is 1.37 bits per heavy atom. The van der Waals surface area contributed by atoms with Gasteiger partial charge in [-0.05, 0) is 64.2 Å². The molecule has 0 N–H and O–H groups in total. The number of aliphatic imine (C=N–C) groups is 1. The highest BCUT2D eigenvalue weighted by Gasteiger charge is 2.28. The Bertz CT molecular complexity index is 549. The number of hydrogen-bond acceptors (Lipinski definition) is 5. The second-order valence-corrected chi connectivity index (χ2v) is 6.86. The summed E-state index contributed by atoms with van der Waals surface area (Å²) in [7, 11) is 0. The molecule has 0 saturated heterocycles. The molecule has 1 aromatic rings. The number of thiophene rings is 1. The van der Waals surface area contributed by atoms with Crippen LogP contribution in [0.3, 0.4) is 0 Å². The minimum absolute atomic E-state index is 0.295. The normalized spacial score (nSPS) is 14.5. The lowest BCUT2D eigenvalue weighted by molar-refractivity contribution is 0.00698. The molecule has 0 fully saturated rings. The van der Waals surface area contributed by atoms with Gasteiger partial charge in [-0.3, -0.25) is 0 Å². The number of nitrogens with zero attached hydrogens (tertiary/aromatic N) is 1. The van der Waals surface area contributed by atoms with E-state index < -0.39 is 5.60 Å². The van der Waals surface area contributed by atoms with E-state index in [0.717, 1.165) is 24.8 Å². The lowest BCUT2D eigenvalue weighted by Crippen LogP contribution is -2.24. The fraction of sp³-hybridized carbons (Fsp3) is 0.571. The minimum atomic E-state index is -0.501. The topological polar surface area (TPSA) is 38.7 Å². The first-order chi connectivity index (χ1) is 8.92. The Balaban J connectivity index is 2.44. The predicted octanol–water partition coefficient (Wildman–Crippen LogP) is 4.32. The largest absolute Gasteiger partial charge is 0.456 e. The molecule has 0 bridgehead atoms. The molecule has 0 amide bonds. The van der Waals surface area contributed by atoms with Crippen LogP contribution in [-0.4, -0.2) is 16.7 Å². The highest BCUT2D eigenvalue weighted by Crippen LogP contribution is 2.40. The van der Waals surface area contributed by atoms with Crippen molar-refractivity contribution in [3.63, 3.8) is 0 Å². The molecule has 3 nitrogen and oxygen atoms in total. The Morgan fingerprint density at radius 2 is 2.05 bits per heavy atom. The second-order valence-electron chi connectivity index (χ2n) is 5.60. The van der Waals surface area contributed by atoms with E-state index in [1.807, 2.05) is 20.8 Å². The van der Waals surface area contributed by atoms with Crippen LogP contribution in [0.15, 0.2) is 4.99 Å². The van der Waals surface area contributed by atoms with Gasteiger partial charge in [0.05, 0.1) is 5.16 Å². The van der Waals surface area contributed by atoms with Crippen molar-refractivity contribution in [3.05, 3.63) is 16.0 Å². The number of carbonyl (C=O) groups excluding carboxylic acids is 1. The highest BCUT2D eigenvalue weighted by molar-refractivity contribution is 7.78. The van der Waals surface area contributed by atoms with Crippen molar-refractivity contribution in [2.75, 3.05) is 0 Å². The number of isothiocyanates is 1. The van der Waals surface area contributed by atoms with E-state index in [-0.39, 0.29) is 5.97 Å². The molecule has 0 aromatic carbocycles. The summed E-state index contributed by atoms with van der Waals surface area (Å²) in [6.07, 6.45) is 4.22. The Kier molecular flexibility index (Phi) is 4.19. The predicted molar refractivity (Wildman–Crippen MR) is 80.8 cm³/mol. The number of fused-ring (bicyclic) bond motifs is 1. The maximum Gasteiger partial charge on any atom is 0.342 e. The molecule has 1 aliphatic carbocycles. The summed E-state index contributed by atoms with van der Waals surface area (Å²) in [5.74, 6) is -0.295. The molecule has 0 spiro atoms. The third-order valence-corrected chi connectivity index (χ3v) is 4.18. The third-order valence-electron chi connectivity index (χ3n) is 2.90. The molecule has 0 radical (unpaired) electrons. The zero-order chi connectivity index (χ0) is 14.0. The molecular weight excluding hydrogens is 278 g/mol. The van der Waals surface area contributed by atoms with Crippen LogP contribution in [-0.2, 0) is 17.6 Å². The summed E-state index contributed by atoms with van der Waals surface area (Å²) in [6.45, 7) is 5.60. The molecule has 0 saturated carbocycles. The van der Waals surface area contributed by atoms with E-state index in [4.69, 9.17) is 4.74 Å². The van der Waals surface area contributed by atoms with Crippen LogP contribution in [0.1, 0.15) is 54.4 Å². The molecule has 19 heavy (non-hydrogen) atoms. The van der Waals surface area contributed by atoms with Crippen LogP contribution in [0.25, 0.3) is 0 Å². The minimum Gasteiger partial charge on any atom is -0.456 e. The van der Waals surface area contributed by atoms with Gasteiger partial charge in [-0.25, -0.2) is 4.79 Å². The van der Waals surface area contributed by atoms with Gasteiger partial charge in [-0.1, -0.05) is 0 Å². The first-order valence-electron chi connectivity index (χ1n) is 6.38. The van der Waals surface area contributed by atoms with Crippen LogP contribution in [0, 0.1) is 0 Å². The lowest BCUT2D eigenvalue weighted by Gasteiger charge is -2.20. The molecule has 0 aliphatic heterocycles. The van der Waals surface area contributed by atoms with Gasteiger partial charge in [-0.15, -0.1) is 11.3 Å². The van der Waals surface area contributed by atoms with Gasteiger partial charge in [-0.2, -0.15) is 4.99 Å². The van der Waals surface area contributed by atoms with Crippen LogP contribution in [0.4, 0.5) is 5.00 Å². The van der Waals surface area contributed by atoms with Crippen molar-refractivity contribution in [1.29, 1.82) is 0 Å². The monoisotopic (exact) mass is 295 g/mol.